The van der Waals surface area contributed by atoms with Crippen LogP contribution in [-0.4, -0.2) is 17.2 Å². The van der Waals surface area contributed by atoms with E-state index in [1.54, 1.807) is 0 Å². The van der Waals surface area contributed by atoms with Gasteiger partial charge in [0.2, 0.25) is 0 Å². The third-order valence-corrected chi connectivity index (χ3v) is 4.06. The monoisotopic (exact) mass is 297 g/mol. The molecule has 0 fully saturated rings. The first-order valence-corrected chi connectivity index (χ1v) is 8.05. The molecule has 0 heterocycles. The second kappa shape index (κ2) is 7.08. The molecule has 2 aromatic rings. The number of rotatable bonds is 6. The molecule has 0 aliphatic rings. The van der Waals surface area contributed by atoms with Crippen LogP contribution in [0.2, 0.25) is 0 Å². The highest BCUT2D eigenvalue weighted by atomic mass is 16.3. The lowest BCUT2D eigenvalue weighted by Crippen LogP contribution is -2.54. The fraction of sp³-hybridized carbons (Fsp3) is 0.400. The van der Waals surface area contributed by atoms with Gasteiger partial charge in [0.15, 0.2) is 0 Å². The zero-order chi connectivity index (χ0) is 16.2. The van der Waals surface area contributed by atoms with Crippen molar-refractivity contribution in [2.24, 2.45) is 5.92 Å². The number of benzene rings is 2. The van der Waals surface area contributed by atoms with Crippen molar-refractivity contribution in [2.45, 2.75) is 45.4 Å². The van der Waals surface area contributed by atoms with Crippen LogP contribution in [0.25, 0.3) is 0 Å². The summed E-state index contributed by atoms with van der Waals surface area (Å²) in [6.07, 6.45) is 0. The topological polar surface area (TPSA) is 32.3 Å². The minimum absolute atomic E-state index is 0.0719. The van der Waals surface area contributed by atoms with Crippen molar-refractivity contribution in [1.29, 1.82) is 0 Å². The maximum Gasteiger partial charge on any atom is 0.130 e. The first-order chi connectivity index (χ1) is 10.5. The lowest BCUT2D eigenvalue weighted by molar-refractivity contribution is 0.0157. The van der Waals surface area contributed by atoms with Crippen molar-refractivity contribution >= 4 is 0 Å². The predicted molar refractivity (Wildman–Crippen MR) is 92.8 cm³/mol. The second-order valence-corrected chi connectivity index (χ2v) is 6.54. The van der Waals surface area contributed by atoms with Crippen LogP contribution in [0.1, 0.15) is 38.8 Å². The molecule has 0 unspecified atom stereocenters. The first-order valence-electron chi connectivity index (χ1n) is 8.05. The molecule has 0 bridgehead atoms. The average molecular weight is 297 g/mol. The van der Waals surface area contributed by atoms with E-state index in [1.807, 2.05) is 60.7 Å². The summed E-state index contributed by atoms with van der Waals surface area (Å²) in [5.74, 6) is 0.285. The Bertz CT molecular complexity index is 523. The summed E-state index contributed by atoms with van der Waals surface area (Å²) in [5.41, 5.74) is 0.794. The highest BCUT2D eigenvalue weighted by Gasteiger charge is 2.41. The molecule has 0 aliphatic heterocycles. The Balaban J connectivity index is 2.59. The molecular formula is C20H27NO. The van der Waals surface area contributed by atoms with Crippen molar-refractivity contribution in [3.8, 4) is 0 Å². The Morgan fingerprint density at radius 1 is 0.773 bits per heavy atom. The zero-order valence-electron chi connectivity index (χ0n) is 14.0. The van der Waals surface area contributed by atoms with Gasteiger partial charge < -0.3 is 10.4 Å². The van der Waals surface area contributed by atoms with Gasteiger partial charge in [0, 0.05) is 12.1 Å². The van der Waals surface area contributed by atoms with Crippen molar-refractivity contribution in [1.82, 2.24) is 5.32 Å². The van der Waals surface area contributed by atoms with Gasteiger partial charge in [-0.2, -0.15) is 0 Å². The lowest BCUT2D eigenvalue weighted by atomic mass is 9.75. The number of nitrogens with one attached hydrogen (secondary N) is 1. The molecule has 1 atom stereocenters. The van der Waals surface area contributed by atoms with Crippen LogP contribution in [0.3, 0.4) is 0 Å². The van der Waals surface area contributed by atoms with Gasteiger partial charge in [-0.1, -0.05) is 88.4 Å². The summed E-state index contributed by atoms with van der Waals surface area (Å²) < 4.78 is 0. The Morgan fingerprint density at radius 3 is 1.50 bits per heavy atom. The predicted octanol–water partition coefficient (Wildman–Crippen LogP) is 3.95. The molecule has 0 aliphatic carbocycles. The maximum atomic E-state index is 11.8. The van der Waals surface area contributed by atoms with Crippen LogP contribution in [0, 0.1) is 5.92 Å². The summed E-state index contributed by atoms with van der Waals surface area (Å²) in [7, 11) is 0. The summed E-state index contributed by atoms with van der Waals surface area (Å²) in [6, 6.07) is 20.1. The van der Waals surface area contributed by atoms with E-state index in [-0.39, 0.29) is 12.0 Å². The molecule has 0 aromatic heterocycles. The van der Waals surface area contributed by atoms with E-state index in [0.29, 0.717) is 6.04 Å². The minimum atomic E-state index is -1.05. The van der Waals surface area contributed by atoms with E-state index < -0.39 is 5.60 Å². The molecule has 2 N–H and O–H groups in total. The van der Waals surface area contributed by atoms with Crippen LogP contribution in [-0.2, 0) is 5.60 Å². The molecule has 0 saturated heterocycles. The van der Waals surface area contributed by atoms with Crippen molar-refractivity contribution in [2.75, 3.05) is 0 Å². The molecule has 2 aromatic carbocycles. The molecule has 2 rings (SSSR count). The molecular weight excluding hydrogens is 270 g/mol. The number of aliphatic hydroxyl groups is 1. The Kier molecular flexibility index (Phi) is 5.38. The van der Waals surface area contributed by atoms with E-state index >= 15 is 0 Å². The van der Waals surface area contributed by atoms with Crippen LogP contribution < -0.4 is 5.32 Å². The van der Waals surface area contributed by atoms with Gasteiger partial charge in [-0.25, -0.2) is 0 Å². The van der Waals surface area contributed by atoms with Crippen molar-refractivity contribution in [3.63, 3.8) is 0 Å². The summed E-state index contributed by atoms with van der Waals surface area (Å²) in [6.45, 7) is 8.53. The Labute approximate surface area is 134 Å². The highest BCUT2D eigenvalue weighted by Crippen LogP contribution is 2.36. The summed E-state index contributed by atoms with van der Waals surface area (Å²) in [5, 5.41) is 15.3. The van der Waals surface area contributed by atoms with Crippen LogP contribution >= 0.6 is 0 Å². The van der Waals surface area contributed by atoms with Crippen LogP contribution in [0.5, 0.6) is 0 Å². The van der Waals surface area contributed by atoms with Gasteiger partial charge in [-0.05, 0) is 17.0 Å². The smallest absolute Gasteiger partial charge is 0.130 e. The fourth-order valence-electron chi connectivity index (χ4n) is 3.06. The molecule has 22 heavy (non-hydrogen) atoms. The van der Waals surface area contributed by atoms with Gasteiger partial charge >= 0.3 is 0 Å². The Hall–Kier alpha value is -1.64. The van der Waals surface area contributed by atoms with E-state index in [1.165, 1.54) is 0 Å². The summed E-state index contributed by atoms with van der Waals surface area (Å²) >= 11 is 0. The highest BCUT2D eigenvalue weighted by molar-refractivity contribution is 5.38. The van der Waals surface area contributed by atoms with E-state index in [2.05, 4.69) is 33.0 Å². The van der Waals surface area contributed by atoms with Gasteiger partial charge in [0.1, 0.15) is 5.60 Å². The van der Waals surface area contributed by atoms with E-state index in [0.717, 1.165) is 11.1 Å². The normalized spacial score (nSPS) is 13.6. The third-order valence-electron chi connectivity index (χ3n) is 4.06. The quantitative estimate of drug-likeness (QED) is 0.846. The molecule has 0 saturated carbocycles. The fourth-order valence-corrected chi connectivity index (χ4v) is 3.06. The molecule has 118 valence electrons. The summed E-state index contributed by atoms with van der Waals surface area (Å²) in [4.78, 5) is 0. The molecule has 2 nitrogen and oxygen atoms in total. The number of hydrogen-bond donors (Lipinski definition) is 2. The second-order valence-electron chi connectivity index (χ2n) is 6.54. The molecule has 0 radical (unpaired) electrons. The molecule has 0 spiro atoms. The van der Waals surface area contributed by atoms with Gasteiger partial charge in [-0.15, -0.1) is 0 Å². The minimum Gasteiger partial charge on any atom is -0.379 e. The molecule has 0 amide bonds. The zero-order valence-corrected chi connectivity index (χ0v) is 14.0. The average Bonchev–Trinajstić information content (AvgIpc) is 2.53. The largest absolute Gasteiger partial charge is 0.379 e. The van der Waals surface area contributed by atoms with Gasteiger partial charge in [0.05, 0.1) is 0 Å². The van der Waals surface area contributed by atoms with Crippen molar-refractivity contribution in [3.05, 3.63) is 71.8 Å². The van der Waals surface area contributed by atoms with E-state index in [9.17, 15) is 5.11 Å². The van der Waals surface area contributed by atoms with Crippen LogP contribution in [0.15, 0.2) is 60.7 Å². The number of hydrogen-bond acceptors (Lipinski definition) is 2. The third kappa shape index (κ3) is 3.40. The van der Waals surface area contributed by atoms with E-state index in [4.69, 9.17) is 0 Å². The maximum absolute atomic E-state index is 11.8. The molecule has 2 heteroatoms. The van der Waals surface area contributed by atoms with Gasteiger partial charge in [-0.3, -0.25) is 0 Å². The first kappa shape index (κ1) is 16.7. The van der Waals surface area contributed by atoms with Crippen molar-refractivity contribution < 1.29 is 5.11 Å². The van der Waals surface area contributed by atoms with Crippen LogP contribution in [0.4, 0.5) is 0 Å². The lowest BCUT2D eigenvalue weighted by Gasteiger charge is -2.41. The standard InChI is InChI=1S/C20H27NO/c1-15(2)19(21-16(3)4)20(22,17-11-7-5-8-12-17)18-13-9-6-10-14-18/h5-16,19,21-22H,1-4H3/t19-/m0/s1. The SMILES string of the molecule is CC(C)N[C@@H](C(C)C)C(O)(c1ccccc1)c1ccccc1. The Morgan fingerprint density at radius 2 is 1.18 bits per heavy atom. The van der Waals surface area contributed by atoms with Gasteiger partial charge in [0.25, 0.3) is 0 Å².